The van der Waals surface area contributed by atoms with Crippen molar-refractivity contribution >= 4 is 57.7 Å². The Bertz CT molecular complexity index is 1640. The zero-order valence-electron chi connectivity index (χ0n) is 23.1. The summed E-state index contributed by atoms with van der Waals surface area (Å²) in [5.41, 5.74) is 2.73. The van der Waals surface area contributed by atoms with Crippen molar-refractivity contribution in [1.82, 2.24) is 0 Å². The van der Waals surface area contributed by atoms with E-state index < -0.39 is 14.5 Å². The van der Waals surface area contributed by atoms with Gasteiger partial charge in [0.05, 0.1) is 0 Å². The number of benzene rings is 6. The summed E-state index contributed by atoms with van der Waals surface area (Å²) in [6.45, 7) is 2.64. The van der Waals surface area contributed by atoms with Crippen molar-refractivity contribution in [1.29, 1.82) is 0 Å². The van der Waals surface area contributed by atoms with E-state index >= 15 is 0 Å². The molecule has 2 aliphatic heterocycles. The number of anilines is 2. The molecule has 2 heterocycles. The second-order valence-electron chi connectivity index (χ2n) is 11.4. The quantitative estimate of drug-likeness (QED) is 0.219. The molecule has 0 fully saturated rings. The molecule has 0 spiro atoms. The molecule has 0 saturated heterocycles. The van der Waals surface area contributed by atoms with Crippen molar-refractivity contribution in [3.05, 3.63) is 170 Å². The summed E-state index contributed by atoms with van der Waals surface area (Å²) in [4.78, 5) is 2.80. The maximum atomic E-state index is 2.80. The predicted octanol–water partition coefficient (Wildman–Crippen LogP) is 6.58. The van der Waals surface area contributed by atoms with Crippen LogP contribution in [0.15, 0.2) is 170 Å². The van der Waals surface area contributed by atoms with Crippen LogP contribution in [0.4, 0.5) is 11.4 Å². The second kappa shape index (κ2) is 9.25. The van der Waals surface area contributed by atoms with Crippen LogP contribution in [-0.2, 0) is 0 Å². The number of para-hydroxylation sites is 2. The van der Waals surface area contributed by atoms with Gasteiger partial charge in [0.2, 0.25) is 0 Å². The molecule has 0 bridgehead atoms. The Morgan fingerprint density at radius 1 is 0.366 bits per heavy atom. The molecule has 2 aliphatic rings. The number of hydrogen-bond acceptors (Lipinski definition) is 1. The van der Waals surface area contributed by atoms with Crippen LogP contribution in [0.3, 0.4) is 0 Å². The van der Waals surface area contributed by atoms with Crippen molar-refractivity contribution in [2.75, 3.05) is 4.90 Å². The molecule has 6 aromatic rings. The molecule has 41 heavy (non-hydrogen) atoms. The number of hydrogen-bond donors (Lipinski definition) is 0. The molecule has 0 aliphatic carbocycles. The molecule has 0 radical (unpaired) electrons. The Morgan fingerprint density at radius 3 is 0.951 bits per heavy atom. The minimum atomic E-state index is -2.77. The van der Waals surface area contributed by atoms with E-state index in [0.29, 0.717) is 0 Å². The summed E-state index contributed by atoms with van der Waals surface area (Å²) in [6, 6.07) is 64.6. The van der Waals surface area contributed by atoms with Gasteiger partial charge in [-0.1, -0.05) is 0 Å². The maximum absolute atomic E-state index is 2.80. The summed E-state index contributed by atoms with van der Waals surface area (Å²) < 4.78 is 0. The summed E-state index contributed by atoms with van der Waals surface area (Å²) in [5.74, 6) is 0. The first-order valence-electron chi connectivity index (χ1n) is 14.5. The molecule has 6 aromatic carbocycles. The van der Waals surface area contributed by atoms with Gasteiger partial charge in [-0.3, -0.25) is 0 Å². The van der Waals surface area contributed by atoms with Gasteiger partial charge < -0.3 is 0 Å². The van der Waals surface area contributed by atoms with E-state index in [9.17, 15) is 0 Å². The van der Waals surface area contributed by atoms with Crippen molar-refractivity contribution in [3.8, 4) is 0 Å². The number of nitrogens with zero attached hydrogens (tertiary/aromatic N) is 1. The first-order valence-corrected chi connectivity index (χ1v) is 18.5. The molecule has 0 atom stereocenters. The summed E-state index contributed by atoms with van der Waals surface area (Å²) in [6.07, 6.45) is 0. The Balaban J connectivity index is 1.66. The fraction of sp³-hybridized carbons (Fsp3) is 0.0526. The van der Waals surface area contributed by atoms with Gasteiger partial charge >= 0.3 is 244 Å². The third-order valence-electron chi connectivity index (χ3n) is 9.83. The Kier molecular flexibility index (Phi) is 5.59. The van der Waals surface area contributed by atoms with E-state index in [1.54, 1.807) is 0 Å². The molecule has 0 amide bonds. The number of fused-ring (bicyclic) bond motifs is 5. The minimum absolute atomic E-state index is 0.223. The van der Waals surface area contributed by atoms with Gasteiger partial charge in [-0.15, -0.1) is 0 Å². The van der Waals surface area contributed by atoms with Gasteiger partial charge in [0.1, 0.15) is 0 Å². The SMILES string of the molecule is CC12N(c3ccccc3[PH]1(c1ccccc1)c1ccccc1)c1ccccc1[PH]2(c1ccccc1)c1ccccc1. The Morgan fingerprint density at radius 2 is 0.634 bits per heavy atom. The van der Waals surface area contributed by atoms with Crippen molar-refractivity contribution in [2.24, 2.45) is 0 Å². The summed E-state index contributed by atoms with van der Waals surface area (Å²) in [7, 11) is -5.54. The molecule has 200 valence electrons. The van der Waals surface area contributed by atoms with Crippen LogP contribution < -0.4 is 36.7 Å². The number of rotatable bonds is 4. The second-order valence-corrected chi connectivity index (χ2v) is 20.2. The van der Waals surface area contributed by atoms with Crippen LogP contribution in [0.5, 0.6) is 0 Å². The van der Waals surface area contributed by atoms with Gasteiger partial charge in [-0.2, -0.15) is 0 Å². The predicted molar refractivity (Wildman–Crippen MR) is 184 cm³/mol. The third-order valence-corrected chi connectivity index (χ3v) is 22.7. The van der Waals surface area contributed by atoms with Crippen LogP contribution in [0.25, 0.3) is 0 Å². The standard InChI is InChI=1S/C38H33NP2/c1-38-39(34-26-14-16-28-36(34)40(38,30-18-6-2-7-19-30)31-20-8-3-9-21-31)35-27-15-17-29-37(35)41(38,32-22-10-4-11-23-32)33-24-12-5-13-25-33/h2-29,40-41H,1H3. The first-order chi connectivity index (χ1) is 20.3. The fourth-order valence-corrected chi connectivity index (χ4v) is 24.3. The topological polar surface area (TPSA) is 3.24 Å². The van der Waals surface area contributed by atoms with Crippen molar-refractivity contribution in [3.63, 3.8) is 0 Å². The van der Waals surface area contributed by atoms with Gasteiger partial charge in [0.15, 0.2) is 0 Å². The fourth-order valence-electron chi connectivity index (χ4n) is 8.56. The molecule has 0 unspecified atom stereocenters. The van der Waals surface area contributed by atoms with Crippen LogP contribution >= 0.6 is 14.5 Å². The van der Waals surface area contributed by atoms with E-state index in [1.807, 2.05) is 0 Å². The molecule has 0 saturated carbocycles. The molecule has 1 nitrogen and oxygen atoms in total. The zero-order chi connectivity index (χ0) is 27.5. The molecule has 0 N–H and O–H groups in total. The van der Waals surface area contributed by atoms with Crippen LogP contribution in [-0.4, -0.2) is 5.02 Å². The third kappa shape index (κ3) is 2.98. The molecule has 0 aromatic heterocycles. The van der Waals surface area contributed by atoms with Crippen molar-refractivity contribution in [2.45, 2.75) is 11.9 Å². The van der Waals surface area contributed by atoms with E-state index in [0.717, 1.165) is 0 Å². The first kappa shape index (κ1) is 24.8. The van der Waals surface area contributed by atoms with Gasteiger partial charge in [0, 0.05) is 0 Å². The van der Waals surface area contributed by atoms with Gasteiger partial charge in [0.25, 0.3) is 0 Å². The Hall–Kier alpha value is -4.02. The van der Waals surface area contributed by atoms with Crippen LogP contribution in [0, 0.1) is 0 Å². The average molecular weight is 566 g/mol. The monoisotopic (exact) mass is 565 g/mol. The van der Waals surface area contributed by atoms with Crippen molar-refractivity contribution < 1.29 is 0 Å². The zero-order valence-corrected chi connectivity index (χ0v) is 25.1. The molecular formula is C38H33NP2. The Labute approximate surface area is 243 Å². The molecule has 3 heteroatoms. The van der Waals surface area contributed by atoms with E-state index in [1.165, 1.54) is 43.2 Å². The molecular weight excluding hydrogens is 532 g/mol. The van der Waals surface area contributed by atoms with Crippen LogP contribution in [0.1, 0.15) is 6.92 Å². The summed E-state index contributed by atoms with van der Waals surface area (Å²) in [5, 5.41) is 8.69. The van der Waals surface area contributed by atoms with E-state index in [4.69, 9.17) is 0 Å². The molecule has 8 rings (SSSR count). The van der Waals surface area contributed by atoms with Gasteiger partial charge in [-0.05, 0) is 0 Å². The summed E-state index contributed by atoms with van der Waals surface area (Å²) >= 11 is 0. The average Bonchev–Trinajstić information content (AvgIpc) is 3.44. The van der Waals surface area contributed by atoms with E-state index in [2.05, 4.69) is 182 Å². The van der Waals surface area contributed by atoms with Crippen LogP contribution in [0.2, 0.25) is 0 Å². The normalized spacial score (nSPS) is 20.9. The van der Waals surface area contributed by atoms with Gasteiger partial charge in [-0.25, -0.2) is 0 Å². The van der Waals surface area contributed by atoms with E-state index in [-0.39, 0.29) is 5.02 Å².